The van der Waals surface area contributed by atoms with Gasteiger partial charge in [0.05, 0.1) is 17.3 Å². The van der Waals surface area contributed by atoms with Crippen LogP contribution in [0.3, 0.4) is 0 Å². The van der Waals surface area contributed by atoms with Gasteiger partial charge in [-0.15, -0.1) is 0 Å². The van der Waals surface area contributed by atoms with E-state index in [0.29, 0.717) is 25.6 Å². The number of hydrogen-bond acceptors (Lipinski definition) is 5. The number of nitrogens with zero attached hydrogens (tertiary/aromatic N) is 3. The smallest absolute Gasteiger partial charge is 0.238 e. The molecule has 3 aromatic rings. The molecule has 2 saturated heterocycles. The summed E-state index contributed by atoms with van der Waals surface area (Å²) in [5.41, 5.74) is 2.59. The van der Waals surface area contributed by atoms with Gasteiger partial charge in [-0.1, -0.05) is 42.5 Å². The minimum atomic E-state index is -0.511. The molecule has 0 spiro atoms. The standard InChI is InChI=1S/C28H31N3O3/c1-21-7-5-11-24(17-21)34-26-19-29-18-25(30-26)22-8-6-14-31(20-22)27(32)28(12-15-33-16-13-28)23-9-3-2-4-10-23/h2-5,7,9-11,17-19,22H,6,8,12-16,20H2,1H3. The van der Waals surface area contributed by atoms with Crippen LogP contribution in [0.1, 0.15) is 48.4 Å². The molecule has 34 heavy (non-hydrogen) atoms. The summed E-state index contributed by atoms with van der Waals surface area (Å²) in [6.07, 6.45) is 6.82. The molecule has 2 fully saturated rings. The van der Waals surface area contributed by atoms with Crippen molar-refractivity contribution in [2.45, 2.75) is 43.9 Å². The Labute approximate surface area is 201 Å². The molecule has 0 N–H and O–H groups in total. The number of piperidine rings is 1. The van der Waals surface area contributed by atoms with Crippen LogP contribution in [0, 0.1) is 6.92 Å². The number of carbonyl (C=O) groups is 1. The Morgan fingerprint density at radius 1 is 1.09 bits per heavy atom. The zero-order valence-electron chi connectivity index (χ0n) is 19.7. The lowest BCUT2D eigenvalue weighted by molar-refractivity contribution is -0.142. The number of ether oxygens (including phenoxy) is 2. The maximum absolute atomic E-state index is 14.0. The molecular weight excluding hydrogens is 426 g/mol. The topological polar surface area (TPSA) is 64.5 Å². The molecule has 6 heteroatoms. The highest BCUT2D eigenvalue weighted by atomic mass is 16.5. The van der Waals surface area contributed by atoms with Crippen molar-refractivity contribution in [2.24, 2.45) is 0 Å². The normalized spacial score (nSPS) is 20.0. The van der Waals surface area contributed by atoms with E-state index in [1.54, 1.807) is 6.20 Å². The zero-order chi connectivity index (χ0) is 23.4. The number of hydrogen-bond donors (Lipinski definition) is 0. The fourth-order valence-electron chi connectivity index (χ4n) is 5.22. The van der Waals surface area contributed by atoms with Crippen molar-refractivity contribution < 1.29 is 14.3 Å². The largest absolute Gasteiger partial charge is 0.437 e. The fourth-order valence-corrected chi connectivity index (χ4v) is 5.22. The van der Waals surface area contributed by atoms with E-state index in [4.69, 9.17) is 14.5 Å². The number of rotatable bonds is 5. The molecule has 0 aliphatic carbocycles. The third-order valence-corrected chi connectivity index (χ3v) is 7.05. The maximum atomic E-state index is 14.0. The predicted molar refractivity (Wildman–Crippen MR) is 130 cm³/mol. The molecule has 176 valence electrons. The van der Waals surface area contributed by atoms with E-state index >= 15 is 0 Å². The van der Waals surface area contributed by atoms with Crippen LogP contribution in [-0.2, 0) is 14.9 Å². The number of aromatic nitrogens is 2. The van der Waals surface area contributed by atoms with Crippen molar-refractivity contribution in [1.82, 2.24) is 14.9 Å². The van der Waals surface area contributed by atoms with E-state index in [0.717, 1.165) is 54.8 Å². The molecule has 0 saturated carbocycles. The van der Waals surface area contributed by atoms with E-state index < -0.39 is 5.41 Å². The molecule has 2 aromatic carbocycles. The first-order valence-electron chi connectivity index (χ1n) is 12.1. The molecular formula is C28H31N3O3. The minimum absolute atomic E-state index is 0.138. The van der Waals surface area contributed by atoms with E-state index in [1.165, 1.54) is 0 Å². The van der Waals surface area contributed by atoms with Crippen molar-refractivity contribution in [3.05, 3.63) is 83.8 Å². The number of benzene rings is 2. The van der Waals surface area contributed by atoms with Gasteiger partial charge in [-0.25, -0.2) is 4.98 Å². The second-order valence-corrected chi connectivity index (χ2v) is 9.35. The molecule has 2 aliphatic rings. The molecule has 5 rings (SSSR count). The molecule has 0 bridgehead atoms. The van der Waals surface area contributed by atoms with Crippen molar-refractivity contribution in [3.63, 3.8) is 0 Å². The Bertz CT molecular complexity index is 1130. The van der Waals surface area contributed by atoms with E-state index in [2.05, 4.69) is 17.1 Å². The summed E-state index contributed by atoms with van der Waals surface area (Å²) < 4.78 is 11.6. The van der Waals surface area contributed by atoms with Gasteiger partial charge < -0.3 is 14.4 Å². The lowest BCUT2D eigenvalue weighted by Crippen LogP contribution is -2.52. The maximum Gasteiger partial charge on any atom is 0.238 e. The van der Waals surface area contributed by atoms with Crippen LogP contribution in [0.5, 0.6) is 11.6 Å². The van der Waals surface area contributed by atoms with Crippen LogP contribution in [0.2, 0.25) is 0 Å². The average Bonchev–Trinajstić information content (AvgIpc) is 2.89. The Balaban J connectivity index is 1.35. The van der Waals surface area contributed by atoms with Crippen molar-refractivity contribution in [2.75, 3.05) is 26.3 Å². The fraction of sp³-hybridized carbons (Fsp3) is 0.393. The molecule has 1 atom stereocenters. The van der Waals surface area contributed by atoms with Gasteiger partial charge in [-0.3, -0.25) is 9.78 Å². The van der Waals surface area contributed by atoms with Gasteiger partial charge in [0, 0.05) is 38.4 Å². The average molecular weight is 458 g/mol. The van der Waals surface area contributed by atoms with Gasteiger partial charge >= 0.3 is 0 Å². The monoisotopic (exact) mass is 457 g/mol. The Morgan fingerprint density at radius 3 is 2.71 bits per heavy atom. The van der Waals surface area contributed by atoms with Crippen LogP contribution in [0.25, 0.3) is 0 Å². The van der Waals surface area contributed by atoms with Crippen molar-refractivity contribution >= 4 is 5.91 Å². The molecule has 3 heterocycles. The van der Waals surface area contributed by atoms with E-state index in [9.17, 15) is 4.79 Å². The lowest BCUT2D eigenvalue weighted by Gasteiger charge is -2.42. The number of amides is 1. The summed E-state index contributed by atoms with van der Waals surface area (Å²) in [6, 6.07) is 18.1. The Morgan fingerprint density at radius 2 is 1.91 bits per heavy atom. The van der Waals surface area contributed by atoms with Crippen molar-refractivity contribution in [3.8, 4) is 11.6 Å². The van der Waals surface area contributed by atoms with E-state index in [-0.39, 0.29) is 11.8 Å². The predicted octanol–water partition coefficient (Wildman–Crippen LogP) is 5.03. The second kappa shape index (κ2) is 9.94. The molecule has 1 unspecified atom stereocenters. The van der Waals surface area contributed by atoms with Gasteiger partial charge in [-0.05, 0) is 55.9 Å². The van der Waals surface area contributed by atoms with Crippen LogP contribution < -0.4 is 4.74 Å². The molecule has 2 aliphatic heterocycles. The summed E-state index contributed by atoms with van der Waals surface area (Å²) in [5.74, 6) is 1.58. The third kappa shape index (κ3) is 4.68. The highest BCUT2D eigenvalue weighted by molar-refractivity contribution is 5.88. The van der Waals surface area contributed by atoms with Gasteiger partial charge in [0.25, 0.3) is 0 Å². The van der Waals surface area contributed by atoms with Gasteiger partial charge in [0.1, 0.15) is 5.75 Å². The highest BCUT2D eigenvalue weighted by Crippen LogP contribution is 2.38. The molecule has 1 amide bonds. The van der Waals surface area contributed by atoms with Gasteiger partial charge in [0.15, 0.2) is 0 Å². The third-order valence-electron chi connectivity index (χ3n) is 7.05. The van der Waals surface area contributed by atoms with Crippen LogP contribution in [0.4, 0.5) is 0 Å². The number of aryl methyl sites for hydroxylation is 1. The number of likely N-dealkylation sites (tertiary alicyclic amines) is 1. The lowest BCUT2D eigenvalue weighted by atomic mass is 9.72. The molecule has 1 aromatic heterocycles. The minimum Gasteiger partial charge on any atom is -0.437 e. The highest BCUT2D eigenvalue weighted by Gasteiger charge is 2.45. The van der Waals surface area contributed by atoms with Gasteiger partial charge in [-0.2, -0.15) is 0 Å². The second-order valence-electron chi connectivity index (χ2n) is 9.35. The van der Waals surface area contributed by atoms with Crippen molar-refractivity contribution in [1.29, 1.82) is 0 Å². The zero-order valence-corrected chi connectivity index (χ0v) is 19.7. The summed E-state index contributed by atoms with van der Waals surface area (Å²) >= 11 is 0. The van der Waals surface area contributed by atoms with Gasteiger partial charge in [0.2, 0.25) is 11.8 Å². The first-order chi connectivity index (χ1) is 16.6. The SMILES string of the molecule is Cc1cccc(Oc2cncc(C3CCCN(C(=O)C4(c5ccccc5)CCOCC4)C3)n2)c1. The first-order valence-corrected chi connectivity index (χ1v) is 12.1. The number of carbonyl (C=O) groups excluding carboxylic acids is 1. The molecule has 0 radical (unpaired) electrons. The van der Waals surface area contributed by atoms with E-state index in [1.807, 2.05) is 60.5 Å². The van der Waals surface area contributed by atoms with Crippen LogP contribution in [0.15, 0.2) is 67.0 Å². The first kappa shape index (κ1) is 22.5. The van der Waals surface area contributed by atoms with Crippen LogP contribution >= 0.6 is 0 Å². The summed E-state index contributed by atoms with van der Waals surface area (Å²) in [7, 11) is 0. The summed E-state index contributed by atoms with van der Waals surface area (Å²) in [4.78, 5) is 25.2. The summed E-state index contributed by atoms with van der Waals surface area (Å²) in [5, 5.41) is 0. The quantitative estimate of drug-likeness (QED) is 0.538. The summed E-state index contributed by atoms with van der Waals surface area (Å²) in [6.45, 7) is 4.68. The Hall–Kier alpha value is -3.25. The Kier molecular flexibility index (Phi) is 6.59. The molecule has 6 nitrogen and oxygen atoms in total. The van der Waals surface area contributed by atoms with Crippen LogP contribution in [-0.4, -0.2) is 47.1 Å².